The molecule has 0 amide bonds. The van der Waals surface area contributed by atoms with Crippen molar-refractivity contribution in [2.24, 2.45) is 0 Å². The average Bonchev–Trinajstić information content (AvgIpc) is 2.85. The van der Waals surface area contributed by atoms with Gasteiger partial charge in [-0.3, -0.25) is 0 Å². The second-order valence-electron chi connectivity index (χ2n) is 4.64. The largest absolute Gasteiger partial charge is 0.385 e. The number of halogens is 3. The zero-order chi connectivity index (χ0) is 13.3. The van der Waals surface area contributed by atoms with Gasteiger partial charge in [0.15, 0.2) is 17.5 Å². The fourth-order valence-corrected chi connectivity index (χ4v) is 2.60. The van der Waals surface area contributed by atoms with E-state index in [1.54, 1.807) is 0 Å². The predicted octanol–water partition coefficient (Wildman–Crippen LogP) is 3.10. The van der Waals surface area contributed by atoms with Gasteiger partial charge in [0.05, 0.1) is 5.60 Å². The van der Waals surface area contributed by atoms with Crippen molar-refractivity contribution in [3.05, 3.63) is 35.1 Å². The molecule has 1 N–H and O–H groups in total. The molecule has 0 saturated heterocycles. The molecule has 2 nitrogen and oxygen atoms in total. The summed E-state index contributed by atoms with van der Waals surface area (Å²) in [4.78, 5) is 0. The highest BCUT2D eigenvalue weighted by Gasteiger charge is 2.43. The van der Waals surface area contributed by atoms with E-state index in [1.165, 1.54) is 7.11 Å². The third-order valence-corrected chi connectivity index (χ3v) is 3.71. The van der Waals surface area contributed by atoms with Gasteiger partial charge in [0, 0.05) is 12.7 Å². The lowest BCUT2D eigenvalue weighted by Gasteiger charge is -2.33. The van der Waals surface area contributed by atoms with E-state index in [4.69, 9.17) is 4.74 Å². The van der Waals surface area contributed by atoms with Gasteiger partial charge in [-0.1, -0.05) is 18.9 Å². The summed E-state index contributed by atoms with van der Waals surface area (Å²) in [6.45, 7) is 0. The van der Waals surface area contributed by atoms with Crippen LogP contribution in [-0.4, -0.2) is 17.8 Å². The molecule has 18 heavy (non-hydrogen) atoms. The van der Waals surface area contributed by atoms with E-state index in [2.05, 4.69) is 0 Å². The van der Waals surface area contributed by atoms with Crippen LogP contribution >= 0.6 is 0 Å². The smallest absolute Gasteiger partial charge is 0.194 e. The lowest BCUT2D eigenvalue weighted by Crippen LogP contribution is -2.36. The molecule has 0 aliphatic heterocycles. The number of hydrogen-bond donors (Lipinski definition) is 1. The molecule has 5 heteroatoms. The van der Waals surface area contributed by atoms with Crippen molar-refractivity contribution in [2.45, 2.75) is 37.4 Å². The Morgan fingerprint density at radius 1 is 1.17 bits per heavy atom. The minimum absolute atomic E-state index is 0.252. The van der Waals surface area contributed by atoms with Gasteiger partial charge in [0.1, 0.15) is 6.10 Å². The van der Waals surface area contributed by atoms with Gasteiger partial charge in [0.25, 0.3) is 0 Å². The molecule has 0 heterocycles. The van der Waals surface area contributed by atoms with Crippen LogP contribution < -0.4 is 0 Å². The van der Waals surface area contributed by atoms with Crippen LogP contribution in [0.25, 0.3) is 0 Å². The number of aliphatic hydroxyl groups is 1. The molecule has 1 atom stereocenters. The number of hydrogen-bond acceptors (Lipinski definition) is 2. The van der Waals surface area contributed by atoms with Gasteiger partial charge in [-0.05, 0) is 18.9 Å². The standard InChI is InChI=1S/C13H15F3O2/c1-18-13(6-2-3-7-13)12(17)8-4-5-9(14)11(16)10(8)15/h4-5,12,17H,2-3,6-7H2,1H3. The van der Waals surface area contributed by atoms with Crippen LogP contribution in [-0.2, 0) is 4.74 Å². The zero-order valence-corrected chi connectivity index (χ0v) is 10.0. The molecule has 1 unspecified atom stereocenters. The van der Waals surface area contributed by atoms with Crippen LogP contribution in [0.2, 0.25) is 0 Å². The van der Waals surface area contributed by atoms with Gasteiger partial charge >= 0.3 is 0 Å². The fourth-order valence-electron chi connectivity index (χ4n) is 2.60. The Hall–Kier alpha value is -1.07. The Balaban J connectivity index is 2.39. The van der Waals surface area contributed by atoms with E-state index in [0.717, 1.165) is 25.0 Å². The zero-order valence-electron chi connectivity index (χ0n) is 10.0. The summed E-state index contributed by atoms with van der Waals surface area (Å²) in [6, 6.07) is 1.88. The van der Waals surface area contributed by atoms with Crippen molar-refractivity contribution in [3.8, 4) is 0 Å². The Morgan fingerprint density at radius 3 is 2.33 bits per heavy atom. The molecule has 0 radical (unpaired) electrons. The average molecular weight is 260 g/mol. The Morgan fingerprint density at radius 2 is 1.78 bits per heavy atom. The van der Waals surface area contributed by atoms with Crippen LogP contribution in [0.1, 0.15) is 37.4 Å². The van der Waals surface area contributed by atoms with Crippen LogP contribution in [0.3, 0.4) is 0 Å². The second kappa shape index (κ2) is 4.90. The molecule has 100 valence electrons. The lowest BCUT2D eigenvalue weighted by molar-refractivity contribution is -0.101. The number of benzene rings is 1. The van der Waals surface area contributed by atoms with E-state index < -0.39 is 29.2 Å². The van der Waals surface area contributed by atoms with Gasteiger partial charge in [-0.25, -0.2) is 13.2 Å². The van der Waals surface area contributed by atoms with Crippen molar-refractivity contribution in [3.63, 3.8) is 0 Å². The maximum Gasteiger partial charge on any atom is 0.194 e. The van der Waals surface area contributed by atoms with Gasteiger partial charge in [-0.2, -0.15) is 0 Å². The van der Waals surface area contributed by atoms with Crippen LogP contribution in [0.4, 0.5) is 13.2 Å². The molecule has 1 aromatic carbocycles. The predicted molar refractivity (Wildman–Crippen MR) is 59.5 cm³/mol. The lowest BCUT2D eigenvalue weighted by atomic mass is 9.89. The van der Waals surface area contributed by atoms with Crippen molar-refractivity contribution in [2.75, 3.05) is 7.11 Å². The Labute approximate surface area is 103 Å². The quantitative estimate of drug-likeness (QED) is 0.846. The number of aliphatic hydroxyl groups excluding tert-OH is 1. The van der Waals surface area contributed by atoms with Crippen molar-refractivity contribution >= 4 is 0 Å². The first-order valence-corrected chi connectivity index (χ1v) is 5.88. The first-order chi connectivity index (χ1) is 8.52. The number of ether oxygens (including phenoxy) is 1. The van der Waals surface area contributed by atoms with Crippen molar-refractivity contribution in [1.29, 1.82) is 0 Å². The highest BCUT2D eigenvalue weighted by Crippen LogP contribution is 2.43. The summed E-state index contributed by atoms with van der Waals surface area (Å²) in [6.07, 6.45) is 1.57. The van der Waals surface area contributed by atoms with Gasteiger partial charge < -0.3 is 9.84 Å². The normalized spacial score (nSPS) is 20.1. The summed E-state index contributed by atoms with van der Waals surface area (Å²) < 4.78 is 45.0. The highest BCUT2D eigenvalue weighted by atomic mass is 19.2. The van der Waals surface area contributed by atoms with Crippen molar-refractivity contribution < 1.29 is 23.0 Å². The molecule has 1 aromatic rings. The molecule has 0 aromatic heterocycles. The van der Waals surface area contributed by atoms with Crippen LogP contribution in [0.5, 0.6) is 0 Å². The van der Waals surface area contributed by atoms with Crippen LogP contribution in [0, 0.1) is 17.5 Å². The Kier molecular flexibility index (Phi) is 3.64. The minimum atomic E-state index is -1.56. The SMILES string of the molecule is COC1(C(O)c2ccc(F)c(F)c2F)CCCC1. The molecular weight excluding hydrogens is 245 g/mol. The number of rotatable bonds is 3. The molecule has 2 rings (SSSR count). The van der Waals surface area contributed by atoms with E-state index >= 15 is 0 Å². The number of methoxy groups -OCH3 is 1. The molecule has 1 saturated carbocycles. The van der Waals surface area contributed by atoms with Crippen molar-refractivity contribution in [1.82, 2.24) is 0 Å². The highest BCUT2D eigenvalue weighted by molar-refractivity contribution is 5.25. The van der Waals surface area contributed by atoms with Gasteiger partial charge in [-0.15, -0.1) is 0 Å². The summed E-state index contributed by atoms with van der Waals surface area (Å²) in [5.41, 5.74) is -1.15. The fraction of sp³-hybridized carbons (Fsp3) is 0.538. The Bertz CT molecular complexity index is 442. The summed E-state index contributed by atoms with van der Waals surface area (Å²) in [5.74, 6) is -4.16. The minimum Gasteiger partial charge on any atom is -0.385 e. The first-order valence-electron chi connectivity index (χ1n) is 5.88. The molecule has 0 spiro atoms. The van der Waals surface area contributed by atoms with E-state index in [9.17, 15) is 18.3 Å². The van der Waals surface area contributed by atoms with E-state index in [0.29, 0.717) is 12.8 Å². The maximum atomic E-state index is 13.6. The molecule has 1 aliphatic rings. The molecule has 1 fully saturated rings. The van der Waals surface area contributed by atoms with Gasteiger partial charge in [0.2, 0.25) is 0 Å². The van der Waals surface area contributed by atoms with E-state index in [-0.39, 0.29) is 5.56 Å². The summed E-state index contributed by atoms with van der Waals surface area (Å²) in [5, 5.41) is 10.2. The monoisotopic (exact) mass is 260 g/mol. The summed E-state index contributed by atoms with van der Waals surface area (Å²) in [7, 11) is 1.44. The third kappa shape index (κ3) is 2.01. The van der Waals surface area contributed by atoms with Crippen LogP contribution in [0.15, 0.2) is 12.1 Å². The maximum absolute atomic E-state index is 13.6. The summed E-state index contributed by atoms with van der Waals surface area (Å²) >= 11 is 0. The van der Waals surface area contributed by atoms with E-state index in [1.807, 2.05) is 0 Å². The topological polar surface area (TPSA) is 29.5 Å². The molecule has 1 aliphatic carbocycles. The molecular formula is C13H15F3O2. The molecule has 0 bridgehead atoms. The third-order valence-electron chi connectivity index (χ3n) is 3.71. The first kappa shape index (κ1) is 13.4. The second-order valence-corrected chi connectivity index (χ2v) is 4.64.